The van der Waals surface area contributed by atoms with Crippen LogP contribution in [0.5, 0.6) is 11.5 Å². The van der Waals surface area contributed by atoms with Crippen molar-refractivity contribution < 1.29 is 17.9 Å². The Morgan fingerprint density at radius 1 is 0.864 bits per heavy atom. The molecule has 1 aliphatic rings. The van der Waals surface area contributed by atoms with Gasteiger partial charge in [0.2, 0.25) is 0 Å². The highest BCUT2D eigenvalue weighted by atomic mass is 19.4. The van der Waals surface area contributed by atoms with Crippen LogP contribution in [0.25, 0.3) is 10.8 Å². The summed E-state index contributed by atoms with van der Waals surface area (Å²) in [7, 11) is 0. The average Bonchev–Trinajstić information content (AvgIpc) is 2.51. The van der Waals surface area contributed by atoms with Crippen molar-refractivity contribution in [3.63, 3.8) is 0 Å². The number of alkyl halides is 3. The minimum Gasteiger partial charge on any atom is -0.457 e. The first-order valence-electron chi connectivity index (χ1n) is 6.91. The highest BCUT2D eigenvalue weighted by Crippen LogP contribution is 2.42. The van der Waals surface area contributed by atoms with Gasteiger partial charge in [-0.2, -0.15) is 13.2 Å². The summed E-state index contributed by atoms with van der Waals surface area (Å²) >= 11 is 0. The van der Waals surface area contributed by atoms with Crippen molar-refractivity contribution in [1.29, 1.82) is 0 Å². The van der Waals surface area contributed by atoms with E-state index in [1.54, 1.807) is 0 Å². The van der Waals surface area contributed by atoms with Gasteiger partial charge >= 0.3 is 6.18 Å². The van der Waals surface area contributed by atoms with Gasteiger partial charge in [0.1, 0.15) is 11.5 Å². The SMILES string of the molecule is FC(F)(F)c1ccc2c(c1)Cc1c(ccc3ccccc13)O2. The van der Waals surface area contributed by atoms with E-state index < -0.39 is 11.7 Å². The molecule has 3 aromatic carbocycles. The van der Waals surface area contributed by atoms with Gasteiger partial charge in [-0.3, -0.25) is 0 Å². The Bertz CT molecular complexity index is 881. The summed E-state index contributed by atoms with van der Waals surface area (Å²) < 4.78 is 44.4. The molecule has 0 aromatic heterocycles. The van der Waals surface area contributed by atoms with Gasteiger partial charge in [-0.25, -0.2) is 0 Å². The second kappa shape index (κ2) is 4.50. The summed E-state index contributed by atoms with van der Waals surface area (Å²) in [5.41, 5.74) is 0.863. The Morgan fingerprint density at radius 3 is 2.45 bits per heavy atom. The van der Waals surface area contributed by atoms with Crippen LogP contribution in [-0.4, -0.2) is 0 Å². The predicted octanol–water partition coefficient (Wildman–Crippen LogP) is 5.56. The molecule has 3 aromatic rings. The Morgan fingerprint density at radius 2 is 1.64 bits per heavy atom. The zero-order valence-corrected chi connectivity index (χ0v) is 11.4. The van der Waals surface area contributed by atoms with E-state index >= 15 is 0 Å². The number of benzene rings is 3. The first-order chi connectivity index (χ1) is 10.5. The summed E-state index contributed by atoms with van der Waals surface area (Å²) in [6, 6.07) is 15.3. The standard InChI is InChI=1S/C18H11F3O/c19-18(20,21)13-6-8-16-12(9-13)10-15-14-4-2-1-3-11(14)5-7-17(15)22-16/h1-9H,10H2. The lowest BCUT2D eigenvalue weighted by atomic mass is 9.94. The smallest absolute Gasteiger partial charge is 0.416 e. The lowest BCUT2D eigenvalue weighted by Gasteiger charge is -2.22. The number of hydrogen-bond donors (Lipinski definition) is 0. The highest BCUT2D eigenvalue weighted by molar-refractivity contribution is 5.88. The van der Waals surface area contributed by atoms with Crippen LogP contribution in [0.3, 0.4) is 0 Å². The van der Waals surface area contributed by atoms with E-state index in [0.29, 0.717) is 23.5 Å². The minimum atomic E-state index is -4.34. The molecule has 1 nitrogen and oxygen atoms in total. The van der Waals surface area contributed by atoms with E-state index in [1.807, 2.05) is 36.4 Å². The monoisotopic (exact) mass is 300 g/mol. The second-order valence-corrected chi connectivity index (χ2v) is 5.36. The quantitative estimate of drug-likeness (QED) is 0.413. The normalized spacial score (nSPS) is 13.4. The summed E-state index contributed by atoms with van der Waals surface area (Å²) in [4.78, 5) is 0. The van der Waals surface area contributed by atoms with Gasteiger partial charge in [0, 0.05) is 12.0 Å². The summed E-state index contributed by atoms with van der Waals surface area (Å²) in [6.07, 6.45) is -3.90. The Labute approximate surface area is 125 Å². The van der Waals surface area contributed by atoms with E-state index in [9.17, 15) is 13.2 Å². The minimum absolute atomic E-state index is 0.440. The first-order valence-corrected chi connectivity index (χ1v) is 6.91. The molecule has 0 amide bonds. The second-order valence-electron chi connectivity index (χ2n) is 5.36. The van der Waals surface area contributed by atoms with Gasteiger partial charge in [-0.05, 0) is 40.6 Å². The lowest BCUT2D eigenvalue weighted by Crippen LogP contribution is -2.09. The molecule has 22 heavy (non-hydrogen) atoms. The van der Waals surface area contributed by atoms with Crippen LogP contribution in [0.4, 0.5) is 13.2 Å². The van der Waals surface area contributed by atoms with Gasteiger partial charge in [0.25, 0.3) is 0 Å². The van der Waals surface area contributed by atoms with Gasteiger partial charge in [0.15, 0.2) is 0 Å². The van der Waals surface area contributed by atoms with E-state index in [1.165, 1.54) is 12.1 Å². The molecule has 0 saturated heterocycles. The molecule has 0 bridgehead atoms. The van der Waals surface area contributed by atoms with Crippen molar-refractivity contribution in [2.75, 3.05) is 0 Å². The van der Waals surface area contributed by atoms with E-state index in [4.69, 9.17) is 4.74 Å². The van der Waals surface area contributed by atoms with E-state index in [2.05, 4.69) is 0 Å². The Balaban J connectivity index is 1.86. The molecule has 0 saturated carbocycles. The van der Waals surface area contributed by atoms with Crippen LogP contribution in [0.15, 0.2) is 54.6 Å². The number of hydrogen-bond acceptors (Lipinski definition) is 1. The van der Waals surface area contributed by atoms with Crippen molar-refractivity contribution in [1.82, 2.24) is 0 Å². The molecular weight excluding hydrogens is 289 g/mol. The topological polar surface area (TPSA) is 9.23 Å². The molecule has 1 heterocycles. The number of ether oxygens (including phenoxy) is 1. The van der Waals surface area contributed by atoms with Crippen molar-refractivity contribution in [3.8, 4) is 11.5 Å². The predicted molar refractivity (Wildman–Crippen MR) is 78.3 cm³/mol. The molecule has 0 N–H and O–H groups in total. The van der Waals surface area contributed by atoms with Crippen molar-refractivity contribution >= 4 is 10.8 Å². The Kier molecular flexibility index (Phi) is 2.70. The maximum absolute atomic E-state index is 12.9. The molecule has 4 heteroatoms. The fourth-order valence-corrected chi connectivity index (χ4v) is 2.90. The lowest BCUT2D eigenvalue weighted by molar-refractivity contribution is -0.137. The number of halogens is 3. The third-order valence-electron chi connectivity index (χ3n) is 3.97. The summed E-state index contributed by atoms with van der Waals surface area (Å²) in [5, 5.41) is 2.07. The molecule has 0 spiro atoms. The van der Waals surface area contributed by atoms with Crippen LogP contribution in [0.2, 0.25) is 0 Å². The van der Waals surface area contributed by atoms with Crippen LogP contribution >= 0.6 is 0 Å². The van der Waals surface area contributed by atoms with Crippen molar-refractivity contribution in [3.05, 3.63) is 71.3 Å². The van der Waals surface area contributed by atoms with Crippen molar-refractivity contribution in [2.24, 2.45) is 0 Å². The molecule has 0 radical (unpaired) electrons. The fraction of sp³-hybridized carbons (Fsp3) is 0.111. The van der Waals surface area contributed by atoms with Gasteiger partial charge in [0.05, 0.1) is 5.56 Å². The zero-order chi connectivity index (χ0) is 15.3. The maximum Gasteiger partial charge on any atom is 0.416 e. The fourth-order valence-electron chi connectivity index (χ4n) is 2.90. The van der Waals surface area contributed by atoms with Crippen LogP contribution in [0.1, 0.15) is 16.7 Å². The third-order valence-corrected chi connectivity index (χ3v) is 3.97. The molecule has 0 unspecified atom stereocenters. The van der Waals surface area contributed by atoms with Crippen LogP contribution in [-0.2, 0) is 12.6 Å². The first kappa shape index (κ1) is 13.2. The molecule has 0 fully saturated rings. The Hall–Kier alpha value is -2.49. The van der Waals surface area contributed by atoms with E-state index in [-0.39, 0.29) is 0 Å². The summed E-state index contributed by atoms with van der Waals surface area (Å²) in [6.45, 7) is 0. The van der Waals surface area contributed by atoms with Gasteiger partial charge in [-0.15, -0.1) is 0 Å². The molecule has 1 aliphatic heterocycles. The zero-order valence-electron chi connectivity index (χ0n) is 11.4. The van der Waals surface area contributed by atoms with E-state index in [0.717, 1.165) is 22.4 Å². The van der Waals surface area contributed by atoms with Gasteiger partial charge in [-0.1, -0.05) is 30.3 Å². The molecule has 4 rings (SSSR count). The third kappa shape index (κ3) is 2.03. The number of rotatable bonds is 0. The molecule has 110 valence electrons. The van der Waals surface area contributed by atoms with Crippen molar-refractivity contribution in [2.45, 2.75) is 12.6 Å². The molecule has 0 aliphatic carbocycles. The maximum atomic E-state index is 12.9. The van der Waals surface area contributed by atoms with Crippen LogP contribution in [0, 0.1) is 0 Å². The highest BCUT2D eigenvalue weighted by Gasteiger charge is 2.32. The average molecular weight is 300 g/mol. The van der Waals surface area contributed by atoms with Crippen LogP contribution < -0.4 is 4.74 Å². The molecule has 0 atom stereocenters. The van der Waals surface area contributed by atoms with Gasteiger partial charge < -0.3 is 4.74 Å². The largest absolute Gasteiger partial charge is 0.457 e. The summed E-state index contributed by atoms with van der Waals surface area (Å²) in [5.74, 6) is 1.21. The molecular formula is C18H11F3O. The number of fused-ring (bicyclic) bond motifs is 4.